The zero-order chi connectivity index (χ0) is 14.4. The van der Waals surface area contributed by atoms with E-state index in [0.717, 1.165) is 11.3 Å². The van der Waals surface area contributed by atoms with E-state index in [4.69, 9.17) is 14.2 Å². The fraction of sp³-hybridized carbons (Fsp3) is 0.786. The van der Waals surface area contributed by atoms with Gasteiger partial charge >= 0.3 is 6.09 Å². The second kappa shape index (κ2) is 4.72. The summed E-state index contributed by atoms with van der Waals surface area (Å²) in [7, 11) is 0. The predicted molar refractivity (Wildman–Crippen MR) is 72.1 cm³/mol. The zero-order valence-electron chi connectivity index (χ0n) is 12.3. The number of fused-ring (bicyclic) bond motifs is 1. The maximum Gasteiger partial charge on any atom is 0.414 e. The minimum atomic E-state index is -0.614. The van der Waals surface area contributed by atoms with E-state index in [1.165, 1.54) is 0 Å². The lowest BCUT2D eigenvalue weighted by Gasteiger charge is -2.39. The van der Waals surface area contributed by atoms with Crippen LogP contribution in [-0.4, -0.2) is 55.2 Å². The van der Waals surface area contributed by atoms with Gasteiger partial charge in [-0.25, -0.2) is 4.79 Å². The molecule has 1 fully saturated rings. The molecule has 1 spiro atoms. The van der Waals surface area contributed by atoms with Crippen molar-refractivity contribution in [3.05, 3.63) is 11.3 Å². The Morgan fingerprint density at radius 1 is 1.30 bits per heavy atom. The topological polar surface area (TPSA) is 60.0 Å². The first-order valence-electron chi connectivity index (χ1n) is 7.13. The van der Waals surface area contributed by atoms with Crippen LogP contribution in [0.1, 0.15) is 27.2 Å². The van der Waals surface area contributed by atoms with Crippen LogP contribution in [0.15, 0.2) is 11.3 Å². The summed E-state index contributed by atoms with van der Waals surface area (Å²) in [4.78, 5) is 14.0. The molecule has 0 aliphatic carbocycles. The highest BCUT2D eigenvalue weighted by atomic mass is 16.7. The third-order valence-electron chi connectivity index (χ3n) is 3.76. The van der Waals surface area contributed by atoms with Gasteiger partial charge in [0.2, 0.25) is 0 Å². The molecular weight excluding hydrogens is 260 g/mol. The summed E-state index contributed by atoms with van der Waals surface area (Å²) in [5.74, 6) is -0.614. The molecular formula is C14H22N2O4. The van der Waals surface area contributed by atoms with Gasteiger partial charge in [0.05, 0.1) is 13.2 Å². The van der Waals surface area contributed by atoms with Crippen LogP contribution >= 0.6 is 0 Å². The summed E-state index contributed by atoms with van der Waals surface area (Å²) in [6.07, 6.45) is 0.369. The van der Waals surface area contributed by atoms with Gasteiger partial charge in [-0.3, -0.25) is 4.90 Å². The van der Waals surface area contributed by atoms with Crippen LogP contribution in [-0.2, 0) is 14.2 Å². The lowest BCUT2D eigenvalue weighted by molar-refractivity contribution is -0.139. The van der Waals surface area contributed by atoms with Crippen LogP contribution in [0.4, 0.5) is 4.79 Å². The Balaban J connectivity index is 1.85. The minimum Gasteiger partial charge on any atom is -0.443 e. The molecule has 3 heterocycles. The molecule has 1 amide bonds. The first-order valence-corrected chi connectivity index (χ1v) is 7.13. The van der Waals surface area contributed by atoms with Gasteiger partial charge in [-0.15, -0.1) is 0 Å². The summed E-state index contributed by atoms with van der Waals surface area (Å²) < 4.78 is 17.1. The maximum absolute atomic E-state index is 12.3. The van der Waals surface area contributed by atoms with Gasteiger partial charge in [0.15, 0.2) is 5.79 Å². The van der Waals surface area contributed by atoms with E-state index < -0.39 is 11.4 Å². The van der Waals surface area contributed by atoms with Crippen LogP contribution in [0.3, 0.4) is 0 Å². The number of hydrogen-bond donors (Lipinski definition) is 1. The average molecular weight is 282 g/mol. The largest absolute Gasteiger partial charge is 0.443 e. The molecule has 0 radical (unpaired) electrons. The number of amides is 1. The molecule has 112 valence electrons. The Hall–Kier alpha value is -1.11. The highest BCUT2D eigenvalue weighted by Gasteiger charge is 2.48. The number of ether oxygens (including phenoxy) is 3. The number of carbonyl (C=O) groups is 1. The van der Waals surface area contributed by atoms with E-state index in [0.29, 0.717) is 39.3 Å². The van der Waals surface area contributed by atoms with Crippen molar-refractivity contribution < 1.29 is 19.0 Å². The second-order valence-corrected chi connectivity index (χ2v) is 6.36. The molecule has 0 unspecified atom stereocenters. The molecule has 3 rings (SSSR count). The molecule has 0 bridgehead atoms. The van der Waals surface area contributed by atoms with Gasteiger partial charge in [-0.2, -0.15) is 0 Å². The lowest BCUT2D eigenvalue weighted by atomic mass is 9.97. The van der Waals surface area contributed by atoms with Crippen LogP contribution < -0.4 is 5.32 Å². The average Bonchev–Trinajstić information content (AvgIpc) is 2.96. The smallest absolute Gasteiger partial charge is 0.414 e. The highest BCUT2D eigenvalue weighted by molar-refractivity contribution is 5.71. The zero-order valence-corrected chi connectivity index (χ0v) is 12.3. The van der Waals surface area contributed by atoms with Gasteiger partial charge in [0.1, 0.15) is 5.60 Å². The summed E-state index contributed by atoms with van der Waals surface area (Å²) >= 11 is 0. The van der Waals surface area contributed by atoms with E-state index in [9.17, 15) is 4.79 Å². The number of carbonyl (C=O) groups excluding carboxylic acids is 1. The molecule has 20 heavy (non-hydrogen) atoms. The van der Waals surface area contributed by atoms with Crippen LogP contribution in [0.5, 0.6) is 0 Å². The molecule has 1 saturated heterocycles. The first kappa shape index (κ1) is 13.9. The Kier molecular flexibility index (Phi) is 3.27. The number of rotatable bonds is 0. The molecule has 3 aliphatic rings. The van der Waals surface area contributed by atoms with Crippen molar-refractivity contribution in [3.63, 3.8) is 0 Å². The summed E-state index contributed by atoms with van der Waals surface area (Å²) in [6, 6.07) is 0. The Bertz CT molecular complexity index is 447. The monoisotopic (exact) mass is 282 g/mol. The number of hydrogen-bond acceptors (Lipinski definition) is 5. The summed E-state index contributed by atoms with van der Waals surface area (Å²) in [5, 5.41) is 3.28. The second-order valence-electron chi connectivity index (χ2n) is 6.36. The standard InChI is InChI=1S/C14H22N2O4/c1-13(2,3)20-12(17)16-5-4-14(18-6-7-19-14)10-8-15-9-11(10)16/h15H,4-9H2,1-3H3. The molecule has 0 atom stereocenters. The van der Waals surface area contributed by atoms with Crippen molar-refractivity contribution >= 4 is 6.09 Å². The molecule has 6 heteroatoms. The fourth-order valence-corrected chi connectivity index (χ4v) is 2.96. The lowest BCUT2D eigenvalue weighted by Crippen LogP contribution is -2.47. The minimum absolute atomic E-state index is 0.290. The van der Waals surface area contributed by atoms with Crippen LogP contribution in [0, 0.1) is 0 Å². The van der Waals surface area contributed by atoms with Gasteiger partial charge < -0.3 is 19.5 Å². The van der Waals surface area contributed by atoms with E-state index in [-0.39, 0.29) is 6.09 Å². The van der Waals surface area contributed by atoms with E-state index in [1.807, 2.05) is 20.8 Å². The van der Waals surface area contributed by atoms with Crippen molar-refractivity contribution in [1.29, 1.82) is 0 Å². The van der Waals surface area contributed by atoms with Gasteiger partial charge in [-0.1, -0.05) is 0 Å². The molecule has 0 saturated carbocycles. The fourth-order valence-electron chi connectivity index (χ4n) is 2.96. The molecule has 0 aromatic heterocycles. The van der Waals surface area contributed by atoms with Crippen molar-refractivity contribution in [2.75, 3.05) is 32.8 Å². The molecule has 1 N–H and O–H groups in total. The SMILES string of the molecule is CC(C)(C)OC(=O)N1CCC2(OCCO2)C2=C1CNC2. The summed E-state index contributed by atoms with van der Waals surface area (Å²) in [6.45, 7) is 8.78. The maximum atomic E-state index is 12.3. The normalized spacial score (nSPS) is 25.2. The van der Waals surface area contributed by atoms with Crippen molar-refractivity contribution in [1.82, 2.24) is 10.2 Å². The first-order chi connectivity index (χ1) is 9.41. The molecule has 3 aliphatic heterocycles. The number of nitrogens with zero attached hydrogens (tertiary/aromatic N) is 1. The Morgan fingerprint density at radius 2 is 2.00 bits per heavy atom. The third-order valence-corrected chi connectivity index (χ3v) is 3.76. The van der Waals surface area contributed by atoms with Gasteiger partial charge in [0.25, 0.3) is 0 Å². The van der Waals surface area contributed by atoms with Crippen LogP contribution in [0.25, 0.3) is 0 Å². The van der Waals surface area contributed by atoms with Crippen molar-refractivity contribution in [3.8, 4) is 0 Å². The van der Waals surface area contributed by atoms with Crippen molar-refractivity contribution in [2.45, 2.75) is 38.6 Å². The highest BCUT2D eigenvalue weighted by Crippen LogP contribution is 2.40. The quantitative estimate of drug-likeness (QED) is 0.724. The Labute approximate surface area is 119 Å². The predicted octanol–water partition coefficient (Wildman–Crippen LogP) is 1.23. The van der Waals surface area contributed by atoms with Crippen molar-refractivity contribution in [2.24, 2.45) is 0 Å². The van der Waals surface area contributed by atoms with Gasteiger partial charge in [0, 0.05) is 37.3 Å². The Morgan fingerprint density at radius 3 is 2.65 bits per heavy atom. The van der Waals surface area contributed by atoms with Gasteiger partial charge in [-0.05, 0) is 20.8 Å². The van der Waals surface area contributed by atoms with Crippen LogP contribution in [0.2, 0.25) is 0 Å². The number of nitrogens with one attached hydrogen (secondary N) is 1. The van der Waals surface area contributed by atoms with E-state index in [2.05, 4.69) is 5.32 Å². The van der Waals surface area contributed by atoms with E-state index in [1.54, 1.807) is 4.90 Å². The summed E-state index contributed by atoms with van der Waals surface area (Å²) in [5.41, 5.74) is 1.51. The molecule has 0 aromatic rings. The molecule has 0 aromatic carbocycles. The third kappa shape index (κ3) is 2.32. The molecule has 6 nitrogen and oxygen atoms in total. The van der Waals surface area contributed by atoms with E-state index >= 15 is 0 Å².